The van der Waals surface area contributed by atoms with Crippen molar-refractivity contribution in [2.45, 2.75) is 51.6 Å². The Kier molecular flexibility index (Phi) is 5.62. The van der Waals surface area contributed by atoms with E-state index in [9.17, 15) is 8.42 Å². The molecule has 18 heavy (non-hydrogen) atoms. The minimum atomic E-state index is -2.85. The number of sulfone groups is 1. The van der Waals surface area contributed by atoms with E-state index in [1.54, 1.807) is 0 Å². The van der Waals surface area contributed by atoms with Crippen LogP contribution in [0.2, 0.25) is 0 Å². The van der Waals surface area contributed by atoms with E-state index in [1.807, 2.05) is 0 Å². The lowest BCUT2D eigenvalue weighted by Crippen LogP contribution is -2.50. The third-order valence-electron chi connectivity index (χ3n) is 3.37. The maximum Gasteiger partial charge on any atom is 0.148 e. The highest BCUT2D eigenvalue weighted by Gasteiger charge is 2.24. The van der Waals surface area contributed by atoms with Crippen LogP contribution in [0.1, 0.15) is 40.0 Å². The van der Waals surface area contributed by atoms with Crippen molar-refractivity contribution < 1.29 is 8.42 Å². The van der Waals surface area contributed by atoms with E-state index in [-0.39, 0.29) is 11.3 Å². The van der Waals surface area contributed by atoms with E-state index in [1.165, 1.54) is 25.5 Å². The van der Waals surface area contributed by atoms with Gasteiger partial charge in [-0.2, -0.15) is 0 Å². The molecule has 0 amide bonds. The van der Waals surface area contributed by atoms with Gasteiger partial charge in [0.2, 0.25) is 0 Å². The zero-order chi connectivity index (χ0) is 13.8. The van der Waals surface area contributed by atoms with Crippen LogP contribution in [-0.2, 0) is 9.84 Å². The molecule has 1 aliphatic rings. The first-order valence-electron chi connectivity index (χ1n) is 6.84. The Morgan fingerprint density at radius 2 is 1.94 bits per heavy atom. The molecule has 1 heterocycles. The molecule has 1 fully saturated rings. The van der Waals surface area contributed by atoms with Gasteiger partial charge in [0, 0.05) is 30.9 Å². The lowest BCUT2D eigenvalue weighted by molar-refractivity contribution is 0.147. The summed E-state index contributed by atoms with van der Waals surface area (Å²) in [5.74, 6) is 0.277. The number of piperidine rings is 1. The summed E-state index contributed by atoms with van der Waals surface area (Å²) in [6, 6.07) is 0.486. The zero-order valence-corrected chi connectivity index (χ0v) is 13.0. The Morgan fingerprint density at radius 3 is 2.50 bits per heavy atom. The van der Waals surface area contributed by atoms with Gasteiger partial charge in [-0.3, -0.25) is 4.90 Å². The van der Waals surface area contributed by atoms with Crippen LogP contribution in [0.4, 0.5) is 0 Å². The molecule has 1 saturated heterocycles. The van der Waals surface area contributed by atoms with Crippen LogP contribution in [0.3, 0.4) is 0 Å². The van der Waals surface area contributed by atoms with Crippen LogP contribution in [0.5, 0.6) is 0 Å². The predicted octanol–water partition coefficient (Wildman–Crippen LogP) is 1.27. The Morgan fingerprint density at radius 1 is 1.28 bits per heavy atom. The van der Waals surface area contributed by atoms with Crippen LogP contribution < -0.4 is 5.32 Å². The first-order chi connectivity index (χ1) is 8.17. The van der Waals surface area contributed by atoms with Gasteiger partial charge in [-0.15, -0.1) is 0 Å². The Hall–Kier alpha value is -0.130. The molecule has 0 spiro atoms. The molecule has 1 atom stereocenters. The van der Waals surface area contributed by atoms with Crippen molar-refractivity contribution in [3.63, 3.8) is 0 Å². The molecule has 0 aliphatic carbocycles. The molecule has 1 rings (SSSR count). The summed E-state index contributed by atoms with van der Waals surface area (Å²) in [5.41, 5.74) is 0.125. The minimum Gasteiger partial charge on any atom is -0.311 e. The third-order valence-corrected chi connectivity index (χ3v) is 4.29. The predicted molar refractivity (Wildman–Crippen MR) is 76.7 cm³/mol. The second-order valence-electron chi connectivity index (χ2n) is 6.45. The molecule has 0 aromatic rings. The standard InChI is InChI=1S/C13H28N2O2S/c1-13(2,3)14-11-12-7-5-6-8-15(12)9-10-18(4,16)17/h12,14H,5-11H2,1-4H3. The Balaban J connectivity index is 2.47. The quantitative estimate of drug-likeness (QED) is 0.822. The van der Waals surface area contributed by atoms with E-state index in [0.29, 0.717) is 12.6 Å². The average molecular weight is 276 g/mol. The lowest BCUT2D eigenvalue weighted by Gasteiger charge is -2.37. The van der Waals surface area contributed by atoms with E-state index in [2.05, 4.69) is 31.0 Å². The van der Waals surface area contributed by atoms with E-state index >= 15 is 0 Å². The van der Waals surface area contributed by atoms with Gasteiger partial charge < -0.3 is 5.32 Å². The fourth-order valence-electron chi connectivity index (χ4n) is 2.29. The minimum absolute atomic E-state index is 0.125. The van der Waals surface area contributed by atoms with Crippen molar-refractivity contribution in [2.75, 3.05) is 31.6 Å². The van der Waals surface area contributed by atoms with Crippen LogP contribution in [-0.4, -0.2) is 56.5 Å². The molecular weight excluding hydrogens is 248 g/mol. The summed E-state index contributed by atoms with van der Waals surface area (Å²) in [6.07, 6.45) is 4.94. The smallest absolute Gasteiger partial charge is 0.148 e. The summed E-state index contributed by atoms with van der Waals surface area (Å²) in [6.45, 7) is 9.15. The zero-order valence-electron chi connectivity index (χ0n) is 12.2. The molecular formula is C13H28N2O2S. The first kappa shape index (κ1) is 15.9. The summed E-state index contributed by atoms with van der Waals surface area (Å²) in [7, 11) is -2.85. The van der Waals surface area contributed by atoms with Gasteiger partial charge in [0.25, 0.3) is 0 Å². The molecule has 108 valence electrons. The lowest BCUT2D eigenvalue weighted by atomic mass is 10.0. The number of hydrogen-bond donors (Lipinski definition) is 1. The number of rotatable bonds is 5. The van der Waals surface area contributed by atoms with Crippen molar-refractivity contribution in [3.05, 3.63) is 0 Å². The molecule has 0 saturated carbocycles. The molecule has 0 aromatic carbocycles. The van der Waals surface area contributed by atoms with Crippen molar-refractivity contribution in [1.29, 1.82) is 0 Å². The SMILES string of the molecule is CC(C)(C)NCC1CCCCN1CCS(C)(=O)=O. The van der Waals surface area contributed by atoms with Crippen molar-refractivity contribution in [2.24, 2.45) is 0 Å². The normalized spacial score (nSPS) is 23.2. The van der Waals surface area contributed by atoms with Crippen molar-refractivity contribution in [3.8, 4) is 0 Å². The Labute approximate surface area is 112 Å². The third kappa shape index (κ3) is 6.71. The molecule has 4 nitrogen and oxygen atoms in total. The fourth-order valence-corrected chi connectivity index (χ4v) is 2.86. The second kappa shape index (κ2) is 6.35. The summed E-state index contributed by atoms with van der Waals surface area (Å²) < 4.78 is 22.5. The van der Waals surface area contributed by atoms with Crippen LogP contribution in [0.15, 0.2) is 0 Å². The van der Waals surface area contributed by atoms with E-state index < -0.39 is 9.84 Å². The highest BCUT2D eigenvalue weighted by atomic mass is 32.2. The van der Waals surface area contributed by atoms with E-state index in [4.69, 9.17) is 0 Å². The van der Waals surface area contributed by atoms with E-state index in [0.717, 1.165) is 13.1 Å². The highest BCUT2D eigenvalue weighted by molar-refractivity contribution is 7.90. The average Bonchev–Trinajstić information content (AvgIpc) is 2.22. The summed E-state index contributed by atoms with van der Waals surface area (Å²) in [4.78, 5) is 2.34. The van der Waals surface area contributed by atoms with Crippen molar-refractivity contribution in [1.82, 2.24) is 10.2 Å². The summed E-state index contributed by atoms with van der Waals surface area (Å²) >= 11 is 0. The molecule has 0 aromatic heterocycles. The van der Waals surface area contributed by atoms with Gasteiger partial charge in [-0.25, -0.2) is 8.42 Å². The number of nitrogens with zero attached hydrogens (tertiary/aromatic N) is 1. The van der Waals surface area contributed by atoms with Gasteiger partial charge in [0.1, 0.15) is 9.84 Å². The topological polar surface area (TPSA) is 49.4 Å². The molecule has 0 bridgehead atoms. The number of hydrogen-bond acceptors (Lipinski definition) is 4. The van der Waals surface area contributed by atoms with Gasteiger partial charge in [0.05, 0.1) is 5.75 Å². The van der Waals surface area contributed by atoms with Gasteiger partial charge >= 0.3 is 0 Å². The molecule has 1 N–H and O–H groups in total. The number of nitrogens with one attached hydrogen (secondary N) is 1. The largest absolute Gasteiger partial charge is 0.311 e. The fraction of sp³-hybridized carbons (Fsp3) is 1.00. The molecule has 1 aliphatic heterocycles. The maximum atomic E-state index is 11.3. The molecule has 0 radical (unpaired) electrons. The van der Waals surface area contributed by atoms with Crippen molar-refractivity contribution >= 4 is 9.84 Å². The maximum absolute atomic E-state index is 11.3. The highest BCUT2D eigenvalue weighted by Crippen LogP contribution is 2.17. The van der Waals surface area contributed by atoms with Crippen LogP contribution in [0.25, 0.3) is 0 Å². The molecule has 5 heteroatoms. The number of likely N-dealkylation sites (tertiary alicyclic amines) is 1. The second-order valence-corrected chi connectivity index (χ2v) is 8.71. The Bertz CT molecular complexity index is 346. The van der Waals surface area contributed by atoms with Gasteiger partial charge in [-0.1, -0.05) is 6.42 Å². The summed E-state index contributed by atoms with van der Waals surface area (Å²) in [5, 5.41) is 3.53. The van der Waals surface area contributed by atoms with Crippen LogP contribution in [0, 0.1) is 0 Å². The monoisotopic (exact) mass is 276 g/mol. The van der Waals surface area contributed by atoms with Gasteiger partial charge in [-0.05, 0) is 40.2 Å². The van der Waals surface area contributed by atoms with Crippen LogP contribution >= 0.6 is 0 Å². The first-order valence-corrected chi connectivity index (χ1v) is 8.90. The molecule has 1 unspecified atom stereocenters. The van der Waals surface area contributed by atoms with Gasteiger partial charge in [0.15, 0.2) is 0 Å².